The second-order valence-electron chi connectivity index (χ2n) is 2.25. The number of rotatable bonds is 5. The van der Waals surface area contributed by atoms with Crippen LogP contribution >= 0.6 is 0 Å². The summed E-state index contributed by atoms with van der Waals surface area (Å²) in [4.78, 5) is 9.13. The standard InChI is InChI=1S/C6H12FNO2/c1-2-3-4-6(7)5-8(9)10/h6H,2-5H2,1H3. The van der Waals surface area contributed by atoms with Gasteiger partial charge in [-0.2, -0.15) is 0 Å². The van der Waals surface area contributed by atoms with Gasteiger partial charge in [-0.25, -0.2) is 4.39 Å². The molecule has 0 fully saturated rings. The maximum atomic E-state index is 12.4. The molecule has 0 heterocycles. The molecule has 0 rings (SSSR count). The smallest absolute Gasteiger partial charge is 0.234 e. The van der Waals surface area contributed by atoms with Crippen LogP contribution in [0.5, 0.6) is 0 Å². The van der Waals surface area contributed by atoms with Gasteiger partial charge in [-0.15, -0.1) is 0 Å². The molecule has 0 saturated carbocycles. The van der Waals surface area contributed by atoms with Crippen LogP contribution in [0.2, 0.25) is 0 Å². The van der Waals surface area contributed by atoms with E-state index >= 15 is 0 Å². The molecule has 0 bridgehead atoms. The topological polar surface area (TPSA) is 43.1 Å². The first-order chi connectivity index (χ1) is 4.66. The molecule has 0 amide bonds. The van der Waals surface area contributed by atoms with E-state index in [-0.39, 0.29) is 0 Å². The lowest BCUT2D eigenvalue weighted by atomic mass is 10.2. The van der Waals surface area contributed by atoms with E-state index in [0.717, 1.165) is 12.8 Å². The number of alkyl halides is 1. The van der Waals surface area contributed by atoms with Gasteiger partial charge in [0, 0.05) is 4.92 Å². The fraction of sp³-hybridized carbons (Fsp3) is 1.00. The first-order valence-corrected chi connectivity index (χ1v) is 3.42. The fourth-order valence-corrected chi connectivity index (χ4v) is 0.679. The van der Waals surface area contributed by atoms with Gasteiger partial charge in [-0.1, -0.05) is 19.8 Å². The van der Waals surface area contributed by atoms with Crippen molar-refractivity contribution in [2.75, 3.05) is 6.54 Å². The number of halogens is 1. The zero-order valence-electron chi connectivity index (χ0n) is 6.05. The van der Waals surface area contributed by atoms with E-state index in [4.69, 9.17) is 0 Å². The second-order valence-corrected chi connectivity index (χ2v) is 2.25. The molecule has 0 radical (unpaired) electrons. The molecule has 0 aliphatic carbocycles. The predicted molar refractivity (Wildman–Crippen MR) is 36.3 cm³/mol. The fourth-order valence-electron chi connectivity index (χ4n) is 0.679. The molecule has 0 N–H and O–H groups in total. The van der Waals surface area contributed by atoms with Crippen molar-refractivity contribution < 1.29 is 9.31 Å². The van der Waals surface area contributed by atoms with Gasteiger partial charge in [0.1, 0.15) is 0 Å². The summed E-state index contributed by atoms with van der Waals surface area (Å²) in [5.41, 5.74) is 0. The lowest BCUT2D eigenvalue weighted by molar-refractivity contribution is -0.487. The van der Waals surface area contributed by atoms with Gasteiger partial charge in [0.15, 0.2) is 6.17 Å². The number of nitro groups is 1. The van der Waals surface area contributed by atoms with Crippen LogP contribution in [0.3, 0.4) is 0 Å². The molecule has 0 aliphatic heterocycles. The van der Waals surface area contributed by atoms with Crippen LogP contribution in [-0.4, -0.2) is 17.6 Å². The number of unbranched alkanes of at least 4 members (excludes halogenated alkanes) is 1. The van der Waals surface area contributed by atoms with E-state index in [2.05, 4.69) is 0 Å². The minimum Gasteiger partial charge on any atom is -0.264 e. The predicted octanol–water partition coefficient (Wildman–Crippen LogP) is 1.79. The van der Waals surface area contributed by atoms with E-state index in [9.17, 15) is 14.5 Å². The first kappa shape index (κ1) is 9.33. The highest BCUT2D eigenvalue weighted by molar-refractivity contribution is 4.52. The zero-order valence-corrected chi connectivity index (χ0v) is 6.05. The normalized spacial score (nSPS) is 13.0. The van der Waals surface area contributed by atoms with Gasteiger partial charge in [0.25, 0.3) is 0 Å². The molecule has 1 atom stereocenters. The van der Waals surface area contributed by atoms with Crippen LogP contribution in [0, 0.1) is 10.1 Å². The molecule has 0 spiro atoms. The third-order valence-corrected chi connectivity index (χ3v) is 1.22. The Kier molecular flexibility index (Phi) is 4.80. The molecule has 0 aromatic heterocycles. The van der Waals surface area contributed by atoms with Crippen LogP contribution < -0.4 is 0 Å². The molecule has 1 unspecified atom stereocenters. The number of hydrogen-bond donors (Lipinski definition) is 0. The molecule has 0 aromatic rings. The van der Waals surface area contributed by atoms with Gasteiger partial charge in [0.05, 0.1) is 0 Å². The highest BCUT2D eigenvalue weighted by Gasteiger charge is 2.11. The first-order valence-electron chi connectivity index (χ1n) is 3.42. The molecule has 0 aromatic carbocycles. The molecular weight excluding hydrogens is 137 g/mol. The average molecular weight is 149 g/mol. The minimum absolute atomic E-state index is 0.317. The Bertz CT molecular complexity index is 108. The third kappa shape index (κ3) is 5.47. The largest absolute Gasteiger partial charge is 0.264 e. The van der Waals surface area contributed by atoms with Crippen molar-refractivity contribution in [3.05, 3.63) is 10.1 Å². The SMILES string of the molecule is CCCCC(F)C[N+](=O)[O-]. The Labute approximate surface area is 59.4 Å². The second kappa shape index (κ2) is 5.14. The number of nitrogens with zero attached hydrogens (tertiary/aromatic N) is 1. The van der Waals surface area contributed by atoms with E-state index in [1.807, 2.05) is 6.92 Å². The molecule has 0 saturated heterocycles. The molecule has 4 heteroatoms. The maximum Gasteiger partial charge on any atom is 0.234 e. The van der Waals surface area contributed by atoms with Gasteiger partial charge in [-0.3, -0.25) is 10.1 Å². The Morgan fingerprint density at radius 2 is 2.30 bits per heavy atom. The lowest BCUT2D eigenvalue weighted by Gasteiger charge is -1.99. The van der Waals surface area contributed by atoms with Crippen LogP contribution in [0.15, 0.2) is 0 Å². The lowest BCUT2D eigenvalue weighted by Crippen LogP contribution is -2.14. The summed E-state index contributed by atoms with van der Waals surface area (Å²) in [5.74, 6) is 0. The summed E-state index contributed by atoms with van der Waals surface area (Å²) in [5, 5.41) is 9.74. The Morgan fingerprint density at radius 3 is 2.70 bits per heavy atom. The van der Waals surface area contributed by atoms with Crippen molar-refractivity contribution in [2.45, 2.75) is 32.4 Å². The molecule has 60 valence electrons. The molecule has 10 heavy (non-hydrogen) atoms. The van der Waals surface area contributed by atoms with Crippen LogP contribution in [0.4, 0.5) is 4.39 Å². The summed E-state index contributed by atoms with van der Waals surface area (Å²) < 4.78 is 12.4. The van der Waals surface area contributed by atoms with E-state index < -0.39 is 17.6 Å². The monoisotopic (exact) mass is 149 g/mol. The van der Waals surface area contributed by atoms with E-state index in [1.165, 1.54) is 0 Å². The third-order valence-electron chi connectivity index (χ3n) is 1.22. The van der Waals surface area contributed by atoms with Gasteiger partial charge in [-0.05, 0) is 6.42 Å². The molecule has 3 nitrogen and oxygen atoms in total. The summed E-state index contributed by atoms with van der Waals surface area (Å²) in [7, 11) is 0. The summed E-state index contributed by atoms with van der Waals surface area (Å²) in [6, 6.07) is 0. The van der Waals surface area contributed by atoms with Crippen molar-refractivity contribution >= 4 is 0 Å². The maximum absolute atomic E-state index is 12.4. The zero-order chi connectivity index (χ0) is 7.98. The van der Waals surface area contributed by atoms with Gasteiger partial charge < -0.3 is 0 Å². The van der Waals surface area contributed by atoms with Crippen molar-refractivity contribution in [3.63, 3.8) is 0 Å². The summed E-state index contributed by atoms with van der Waals surface area (Å²) >= 11 is 0. The van der Waals surface area contributed by atoms with Crippen molar-refractivity contribution in [1.82, 2.24) is 0 Å². The summed E-state index contributed by atoms with van der Waals surface area (Å²) in [6.07, 6.45) is 0.680. The van der Waals surface area contributed by atoms with Crippen molar-refractivity contribution in [2.24, 2.45) is 0 Å². The molecule has 0 aliphatic rings. The average Bonchev–Trinajstić information content (AvgIpc) is 1.82. The van der Waals surface area contributed by atoms with Crippen molar-refractivity contribution in [3.8, 4) is 0 Å². The minimum atomic E-state index is -1.25. The van der Waals surface area contributed by atoms with E-state index in [0.29, 0.717) is 6.42 Å². The van der Waals surface area contributed by atoms with Crippen LogP contribution in [0.1, 0.15) is 26.2 Å². The Balaban J connectivity index is 3.25. The molecular formula is C6H12FNO2. The highest BCUT2D eigenvalue weighted by atomic mass is 19.1. The summed E-state index contributed by atoms with van der Waals surface area (Å²) in [6.45, 7) is 1.39. The van der Waals surface area contributed by atoms with Gasteiger partial charge >= 0.3 is 0 Å². The Hall–Kier alpha value is -0.670. The van der Waals surface area contributed by atoms with Crippen molar-refractivity contribution in [1.29, 1.82) is 0 Å². The highest BCUT2D eigenvalue weighted by Crippen LogP contribution is 2.03. The quantitative estimate of drug-likeness (QED) is 0.441. The van der Waals surface area contributed by atoms with Gasteiger partial charge in [0.2, 0.25) is 6.54 Å². The number of hydrogen-bond acceptors (Lipinski definition) is 2. The Morgan fingerprint density at radius 1 is 1.70 bits per heavy atom. The van der Waals surface area contributed by atoms with Crippen LogP contribution in [0.25, 0.3) is 0 Å². The van der Waals surface area contributed by atoms with E-state index in [1.54, 1.807) is 0 Å². The van der Waals surface area contributed by atoms with Crippen LogP contribution in [-0.2, 0) is 0 Å².